The second-order valence-corrected chi connectivity index (χ2v) is 10.5. The van der Waals surface area contributed by atoms with Crippen LogP contribution in [0.1, 0.15) is 56.0 Å². The van der Waals surface area contributed by atoms with Gasteiger partial charge in [-0.1, -0.05) is 30.3 Å². The first kappa shape index (κ1) is 27.3. The molecule has 0 saturated carbocycles. The summed E-state index contributed by atoms with van der Waals surface area (Å²) in [4.78, 5) is 45.6. The van der Waals surface area contributed by atoms with Crippen molar-refractivity contribution in [3.05, 3.63) is 95.2 Å². The van der Waals surface area contributed by atoms with Crippen molar-refractivity contribution >= 4 is 28.6 Å². The molecule has 42 heavy (non-hydrogen) atoms. The fourth-order valence-corrected chi connectivity index (χ4v) is 5.57. The molecule has 6 rings (SSSR count). The number of nitrogens with zero attached hydrogens (tertiary/aromatic N) is 2. The molecule has 1 spiro atoms. The van der Waals surface area contributed by atoms with Crippen LogP contribution in [0.4, 0.5) is 0 Å². The third-order valence-corrected chi connectivity index (χ3v) is 7.92. The minimum absolute atomic E-state index is 0.0925. The van der Waals surface area contributed by atoms with Gasteiger partial charge < -0.3 is 23.8 Å². The van der Waals surface area contributed by atoms with Crippen molar-refractivity contribution in [2.24, 2.45) is 0 Å². The third-order valence-electron chi connectivity index (χ3n) is 7.92. The van der Waals surface area contributed by atoms with Crippen molar-refractivity contribution in [3.63, 3.8) is 0 Å². The van der Waals surface area contributed by atoms with Gasteiger partial charge in [-0.2, -0.15) is 0 Å². The van der Waals surface area contributed by atoms with E-state index in [1.54, 1.807) is 55.5 Å². The van der Waals surface area contributed by atoms with E-state index in [4.69, 9.17) is 18.9 Å². The Bertz CT molecular complexity index is 1680. The topological polar surface area (TPSA) is 104 Å². The van der Waals surface area contributed by atoms with Crippen LogP contribution >= 0.6 is 0 Å². The van der Waals surface area contributed by atoms with E-state index in [0.717, 1.165) is 10.9 Å². The molecule has 0 unspecified atom stereocenters. The number of carbonyl (C=O) groups is 3. The average Bonchev–Trinajstić information content (AvgIpc) is 3.03. The molecule has 1 amide bonds. The van der Waals surface area contributed by atoms with Crippen LogP contribution in [0.15, 0.2) is 72.8 Å². The molecule has 9 heteroatoms. The number of piperidine rings is 1. The summed E-state index contributed by atoms with van der Waals surface area (Å²) >= 11 is 0. The van der Waals surface area contributed by atoms with Crippen molar-refractivity contribution in [1.29, 1.82) is 0 Å². The molecule has 0 N–H and O–H groups in total. The number of benzene rings is 3. The molecular formula is C33H30N2O7. The number of rotatable bonds is 6. The van der Waals surface area contributed by atoms with Crippen LogP contribution in [0.3, 0.4) is 0 Å². The lowest BCUT2D eigenvalue weighted by Crippen LogP contribution is -2.52. The predicted octanol–water partition coefficient (Wildman–Crippen LogP) is 5.25. The summed E-state index contributed by atoms with van der Waals surface area (Å²) < 4.78 is 22.7. The molecule has 1 aromatic heterocycles. The van der Waals surface area contributed by atoms with E-state index < -0.39 is 11.6 Å². The van der Waals surface area contributed by atoms with Gasteiger partial charge in [-0.15, -0.1) is 0 Å². The molecular weight excluding hydrogens is 536 g/mol. The fraction of sp³-hybridized carbons (Fsp3) is 0.273. The Hall–Kier alpha value is -4.92. The minimum atomic E-state index is -0.707. The minimum Gasteiger partial charge on any atom is -0.497 e. The molecule has 214 valence electrons. The van der Waals surface area contributed by atoms with Gasteiger partial charge in [0.25, 0.3) is 5.91 Å². The monoisotopic (exact) mass is 566 g/mol. The third kappa shape index (κ3) is 5.25. The summed E-state index contributed by atoms with van der Waals surface area (Å²) in [6.07, 6.45) is 1.16. The van der Waals surface area contributed by atoms with Gasteiger partial charge in [0.15, 0.2) is 5.78 Å². The van der Waals surface area contributed by atoms with Gasteiger partial charge in [-0.25, -0.2) is 9.78 Å². The Kier molecular flexibility index (Phi) is 7.24. The number of hydrogen-bond donors (Lipinski definition) is 0. The highest BCUT2D eigenvalue weighted by Gasteiger charge is 2.44. The first-order chi connectivity index (χ1) is 20.4. The van der Waals surface area contributed by atoms with Gasteiger partial charge in [0.1, 0.15) is 35.2 Å². The number of esters is 1. The Labute approximate surface area is 243 Å². The normalized spacial score (nSPS) is 15.6. The van der Waals surface area contributed by atoms with E-state index in [-0.39, 0.29) is 30.4 Å². The van der Waals surface area contributed by atoms with Crippen LogP contribution in [0.2, 0.25) is 0 Å². The molecule has 3 aromatic carbocycles. The number of fused-ring (bicyclic) bond motifs is 2. The number of carbonyl (C=O) groups excluding carboxylic acids is 3. The van der Waals surface area contributed by atoms with E-state index >= 15 is 0 Å². The standard InChI is InChI=1S/C33H30N2O7/c1-39-23-9-10-26-24(17-23)30(40-2)18-27(34-26)31(37)35-14-12-33(13-15-35)19-28(36)25-16-22(8-11-29(25)42-33)32(38)41-20-21-6-4-3-5-7-21/h3-11,16-18H,12-15,19-20H2,1-2H3. The van der Waals surface area contributed by atoms with Crippen molar-refractivity contribution < 1.29 is 33.3 Å². The summed E-state index contributed by atoms with van der Waals surface area (Å²) in [6, 6.07) is 21.3. The summed E-state index contributed by atoms with van der Waals surface area (Å²) in [5, 5.41) is 0.756. The smallest absolute Gasteiger partial charge is 0.338 e. The second-order valence-electron chi connectivity index (χ2n) is 10.5. The maximum Gasteiger partial charge on any atom is 0.338 e. The lowest BCUT2D eigenvalue weighted by molar-refractivity contribution is -0.00586. The Morgan fingerprint density at radius 1 is 0.952 bits per heavy atom. The highest BCUT2D eigenvalue weighted by Crippen LogP contribution is 2.40. The molecule has 0 aliphatic carbocycles. The van der Waals surface area contributed by atoms with Gasteiger partial charge in [0, 0.05) is 37.4 Å². The molecule has 0 atom stereocenters. The van der Waals surface area contributed by atoms with E-state index in [1.807, 2.05) is 36.4 Å². The molecule has 2 aliphatic heterocycles. The molecule has 0 radical (unpaired) electrons. The molecule has 1 fully saturated rings. The number of aromatic nitrogens is 1. The van der Waals surface area contributed by atoms with Gasteiger partial charge >= 0.3 is 5.97 Å². The van der Waals surface area contributed by atoms with Crippen LogP contribution < -0.4 is 14.2 Å². The summed E-state index contributed by atoms with van der Waals surface area (Å²) in [5.41, 5.74) is 1.77. The Balaban J connectivity index is 1.13. The molecule has 9 nitrogen and oxygen atoms in total. The second kappa shape index (κ2) is 11.2. The summed E-state index contributed by atoms with van der Waals surface area (Å²) in [5.74, 6) is 0.858. The van der Waals surface area contributed by atoms with Crippen LogP contribution in [-0.2, 0) is 11.3 Å². The quantitative estimate of drug-likeness (QED) is 0.292. The first-order valence-electron chi connectivity index (χ1n) is 13.8. The average molecular weight is 567 g/mol. The van der Waals surface area contributed by atoms with E-state index in [9.17, 15) is 14.4 Å². The van der Waals surface area contributed by atoms with Crippen molar-refractivity contribution in [2.75, 3.05) is 27.3 Å². The number of amides is 1. The van der Waals surface area contributed by atoms with E-state index in [1.165, 1.54) is 0 Å². The zero-order valence-corrected chi connectivity index (χ0v) is 23.4. The number of Topliss-reactive ketones (excluding diaryl/α,β-unsaturated/α-hetero) is 1. The zero-order chi connectivity index (χ0) is 29.3. The fourth-order valence-electron chi connectivity index (χ4n) is 5.57. The number of ketones is 1. The molecule has 2 aliphatic rings. The Morgan fingerprint density at radius 2 is 1.74 bits per heavy atom. The van der Waals surface area contributed by atoms with Crippen molar-refractivity contribution in [1.82, 2.24) is 9.88 Å². The maximum atomic E-state index is 13.4. The summed E-state index contributed by atoms with van der Waals surface area (Å²) in [7, 11) is 3.14. The van der Waals surface area contributed by atoms with Gasteiger partial charge in [-0.3, -0.25) is 9.59 Å². The number of likely N-dealkylation sites (tertiary alicyclic amines) is 1. The van der Waals surface area contributed by atoms with E-state index in [2.05, 4.69) is 4.98 Å². The van der Waals surface area contributed by atoms with Crippen LogP contribution in [-0.4, -0.2) is 60.5 Å². The highest BCUT2D eigenvalue weighted by molar-refractivity contribution is 6.03. The Morgan fingerprint density at radius 3 is 2.48 bits per heavy atom. The zero-order valence-electron chi connectivity index (χ0n) is 23.4. The largest absolute Gasteiger partial charge is 0.497 e. The number of pyridine rings is 1. The lowest BCUT2D eigenvalue weighted by Gasteiger charge is -2.43. The van der Waals surface area contributed by atoms with Crippen molar-refractivity contribution in [3.8, 4) is 17.2 Å². The number of hydrogen-bond acceptors (Lipinski definition) is 8. The highest BCUT2D eigenvalue weighted by atomic mass is 16.5. The summed E-state index contributed by atoms with van der Waals surface area (Å²) in [6.45, 7) is 0.974. The van der Waals surface area contributed by atoms with Gasteiger partial charge in [0.05, 0.1) is 37.3 Å². The maximum absolute atomic E-state index is 13.4. The molecule has 3 heterocycles. The number of ether oxygens (including phenoxy) is 4. The van der Waals surface area contributed by atoms with Gasteiger partial charge in [-0.05, 0) is 42.0 Å². The molecule has 4 aromatic rings. The first-order valence-corrected chi connectivity index (χ1v) is 13.8. The molecule has 1 saturated heterocycles. The lowest BCUT2D eigenvalue weighted by atomic mass is 9.82. The number of methoxy groups -OCH3 is 2. The van der Waals surface area contributed by atoms with Crippen molar-refractivity contribution in [2.45, 2.75) is 31.5 Å². The predicted molar refractivity (Wildman–Crippen MR) is 154 cm³/mol. The van der Waals surface area contributed by atoms with Gasteiger partial charge in [0.2, 0.25) is 0 Å². The van der Waals surface area contributed by atoms with E-state index in [0.29, 0.717) is 59.8 Å². The van der Waals surface area contributed by atoms with Crippen LogP contribution in [0, 0.1) is 0 Å². The SMILES string of the molecule is COc1ccc2nc(C(=O)N3CCC4(CC3)CC(=O)c3cc(C(=O)OCc5ccccc5)ccc3O4)cc(OC)c2c1. The molecule has 0 bridgehead atoms. The van der Waals surface area contributed by atoms with Crippen LogP contribution in [0.25, 0.3) is 10.9 Å². The van der Waals surface area contributed by atoms with Crippen LogP contribution in [0.5, 0.6) is 17.2 Å².